The van der Waals surface area contributed by atoms with Gasteiger partial charge in [-0.05, 0) is 62.5 Å². The smallest absolute Gasteiger partial charge is 0.254 e. The van der Waals surface area contributed by atoms with E-state index in [1.165, 1.54) is 16.7 Å². The first-order valence-electron chi connectivity index (χ1n) is 9.63. The van der Waals surface area contributed by atoms with E-state index in [0.717, 1.165) is 50.1 Å². The Morgan fingerprint density at radius 3 is 2.08 bits per heavy atom. The summed E-state index contributed by atoms with van der Waals surface area (Å²) in [6.45, 7) is 7.52. The Balaban J connectivity index is 2.16. The molecule has 1 aliphatic rings. The van der Waals surface area contributed by atoms with Crippen LogP contribution in [0.5, 0.6) is 0 Å². The van der Waals surface area contributed by atoms with Crippen molar-refractivity contribution in [2.45, 2.75) is 26.7 Å². The van der Waals surface area contributed by atoms with Crippen LogP contribution in [0.2, 0.25) is 0 Å². The molecule has 2 aromatic carbocycles. The molecule has 1 heterocycles. The monoisotopic (exact) mass is 348 g/mol. The van der Waals surface area contributed by atoms with Crippen LogP contribution >= 0.6 is 0 Å². The van der Waals surface area contributed by atoms with Crippen LogP contribution in [0.4, 0.5) is 0 Å². The number of nitrogens with zero attached hydrogens (tertiary/aromatic N) is 1. The van der Waals surface area contributed by atoms with Crippen molar-refractivity contribution in [1.82, 2.24) is 10.2 Å². The largest absolute Gasteiger partial charge is 0.339 e. The normalized spacial score (nSPS) is 14.2. The number of rotatable bonds is 5. The van der Waals surface area contributed by atoms with Crippen LogP contribution in [0, 0.1) is 0 Å². The Morgan fingerprint density at radius 2 is 1.46 bits per heavy atom. The molecule has 3 rings (SSSR count). The number of piperidine rings is 1. The first-order valence-corrected chi connectivity index (χ1v) is 9.63. The van der Waals surface area contributed by atoms with Crippen molar-refractivity contribution in [1.29, 1.82) is 0 Å². The molecular formula is C23H28N2O. The molecule has 0 radical (unpaired) electrons. The van der Waals surface area contributed by atoms with Gasteiger partial charge in [0.25, 0.3) is 5.91 Å². The maximum absolute atomic E-state index is 13.1. The summed E-state index contributed by atoms with van der Waals surface area (Å²) in [7, 11) is 0. The predicted molar refractivity (Wildman–Crippen MR) is 108 cm³/mol. The van der Waals surface area contributed by atoms with Gasteiger partial charge >= 0.3 is 0 Å². The van der Waals surface area contributed by atoms with Crippen molar-refractivity contribution in [3.63, 3.8) is 0 Å². The standard InChI is InChI=1S/C23H28N2O/c1-3-25(4-2)23(26)21-13-9-8-12-20(21)22(18-10-6-5-7-11-18)19-14-16-24-17-15-19/h5-13,24H,3-4,14-17H2,1-2H3. The highest BCUT2D eigenvalue weighted by molar-refractivity contribution is 6.01. The molecule has 3 heteroatoms. The van der Waals surface area contributed by atoms with Gasteiger partial charge in [0, 0.05) is 18.7 Å². The fraction of sp³-hybridized carbons (Fsp3) is 0.348. The maximum Gasteiger partial charge on any atom is 0.254 e. The third-order valence-electron chi connectivity index (χ3n) is 5.10. The average molecular weight is 348 g/mol. The molecule has 3 nitrogen and oxygen atoms in total. The van der Waals surface area contributed by atoms with E-state index < -0.39 is 0 Å². The average Bonchev–Trinajstić information content (AvgIpc) is 2.71. The molecular weight excluding hydrogens is 320 g/mol. The first-order chi connectivity index (χ1) is 12.8. The van der Waals surface area contributed by atoms with Gasteiger partial charge in [0.2, 0.25) is 0 Å². The third-order valence-corrected chi connectivity index (χ3v) is 5.10. The van der Waals surface area contributed by atoms with Gasteiger partial charge in [-0.3, -0.25) is 4.79 Å². The molecule has 2 aromatic rings. The SMILES string of the molecule is CCN(CC)C(=O)c1ccccc1C(=C1CCNCC1)c1ccccc1. The van der Waals surface area contributed by atoms with Crippen molar-refractivity contribution in [2.24, 2.45) is 0 Å². The van der Waals surface area contributed by atoms with Crippen molar-refractivity contribution in [3.05, 3.63) is 76.9 Å². The Bertz CT molecular complexity index is 768. The van der Waals surface area contributed by atoms with E-state index in [1.54, 1.807) is 0 Å². The third kappa shape index (κ3) is 3.88. The van der Waals surface area contributed by atoms with E-state index in [4.69, 9.17) is 0 Å². The van der Waals surface area contributed by atoms with Gasteiger partial charge < -0.3 is 10.2 Å². The summed E-state index contributed by atoms with van der Waals surface area (Å²) in [6, 6.07) is 18.6. The molecule has 1 saturated heterocycles. The van der Waals surface area contributed by atoms with Gasteiger partial charge in [0.15, 0.2) is 0 Å². The lowest BCUT2D eigenvalue weighted by Crippen LogP contribution is -2.31. The van der Waals surface area contributed by atoms with E-state index in [9.17, 15) is 4.79 Å². The summed E-state index contributed by atoms with van der Waals surface area (Å²) < 4.78 is 0. The second-order valence-electron chi connectivity index (χ2n) is 6.62. The second kappa shape index (κ2) is 8.81. The van der Waals surface area contributed by atoms with E-state index in [0.29, 0.717) is 0 Å². The Kier molecular flexibility index (Phi) is 6.24. The molecule has 26 heavy (non-hydrogen) atoms. The minimum atomic E-state index is 0.119. The van der Waals surface area contributed by atoms with Gasteiger partial charge in [0.1, 0.15) is 0 Å². The van der Waals surface area contributed by atoms with Crippen LogP contribution in [-0.2, 0) is 0 Å². The maximum atomic E-state index is 13.1. The highest BCUT2D eigenvalue weighted by atomic mass is 16.2. The Morgan fingerprint density at radius 1 is 0.885 bits per heavy atom. The molecule has 0 aromatic heterocycles. The molecule has 1 aliphatic heterocycles. The number of amides is 1. The zero-order valence-corrected chi connectivity index (χ0v) is 15.8. The zero-order chi connectivity index (χ0) is 18.4. The van der Waals surface area contributed by atoms with Crippen LogP contribution in [-0.4, -0.2) is 37.0 Å². The lowest BCUT2D eigenvalue weighted by atomic mass is 9.86. The molecule has 1 amide bonds. The van der Waals surface area contributed by atoms with Gasteiger partial charge in [-0.1, -0.05) is 54.1 Å². The lowest BCUT2D eigenvalue weighted by Gasteiger charge is -2.24. The summed E-state index contributed by atoms with van der Waals surface area (Å²) >= 11 is 0. The summed E-state index contributed by atoms with van der Waals surface area (Å²) in [6.07, 6.45) is 2.05. The summed E-state index contributed by atoms with van der Waals surface area (Å²) in [5, 5.41) is 3.44. The van der Waals surface area contributed by atoms with Gasteiger partial charge in [-0.15, -0.1) is 0 Å². The minimum absolute atomic E-state index is 0.119. The molecule has 0 bridgehead atoms. The lowest BCUT2D eigenvalue weighted by molar-refractivity contribution is 0.0772. The molecule has 0 saturated carbocycles. The van der Waals surface area contributed by atoms with Crippen LogP contribution in [0.1, 0.15) is 48.2 Å². The molecule has 0 atom stereocenters. The van der Waals surface area contributed by atoms with Gasteiger partial charge in [0.05, 0.1) is 0 Å². The Labute approximate surface area is 156 Å². The topological polar surface area (TPSA) is 32.3 Å². The number of nitrogens with one attached hydrogen (secondary N) is 1. The van der Waals surface area contributed by atoms with Crippen LogP contribution in [0.15, 0.2) is 60.2 Å². The second-order valence-corrected chi connectivity index (χ2v) is 6.62. The summed E-state index contributed by atoms with van der Waals surface area (Å²) in [5.41, 5.74) is 5.75. The van der Waals surface area contributed by atoms with Crippen molar-refractivity contribution in [3.8, 4) is 0 Å². The fourth-order valence-corrected chi connectivity index (χ4v) is 3.70. The number of benzene rings is 2. The molecule has 1 fully saturated rings. The van der Waals surface area contributed by atoms with E-state index >= 15 is 0 Å². The minimum Gasteiger partial charge on any atom is -0.339 e. The molecule has 0 spiro atoms. The van der Waals surface area contributed by atoms with Crippen LogP contribution < -0.4 is 5.32 Å². The molecule has 0 aliphatic carbocycles. The van der Waals surface area contributed by atoms with Gasteiger partial charge in [-0.2, -0.15) is 0 Å². The summed E-state index contributed by atoms with van der Waals surface area (Å²) in [4.78, 5) is 15.0. The van der Waals surface area contributed by atoms with E-state index in [-0.39, 0.29) is 5.91 Å². The van der Waals surface area contributed by atoms with E-state index in [2.05, 4.69) is 35.6 Å². The van der Waals surface area contributed by atoms with Crippen molar-refractivity contribution >= 4 is 11.5 Å². The number of hydrogen-bond acceptors (Lipinski definition) is 2. The van der Waals surface area contributed by atoms with Crippen LogP contribution in [0.25, 0.3) is 5.57 Å². The summed E-state index contributed by atoms with van der Waals surface area (Å²) in [5.74, 6) is 0.119. The zero-order valence-electron chi connectivity index (χ0n) is 15.8. The van der Waals surface area contributed by atoms with Crippen molar-refractivity contribution < 1.29 is 4.79 Å². The van der Waals surface area contributed by atoms with E-state index in [1.807, 2.05) is 43.0 Å². The highest BCUT2D eigenvalue weighted by Gasteiger charge is 2.21. The first kappa shape index (κ1) is 18.4. The molecule has 1 N–H and O–H groups in total. The Hall–Kier alpha value is -2.39. The quantitative estimate of drug-likeness (QED) is 0.871. The molecule has 0 unspecified atom stereocenters. The van der Waals surface area contributed by atoms with Crippen LogP contribution in [0.3, 0.4) is 0 Å². The highest BCUT2D eigenvalue weighted by Crippen LogP contribution is 2.33. The van der Waals surface area contributed by atoms with Gasteiger partial charge in [-0.25, -0.2) is 0 Å². The number of hydrogen-bond donors (Lipinski definition) is 1. The van der Waals surface area contributed by atoms with Crippen molar-refractivity contribution in [2.75, 3.05) is 26.2 Å². The molecule has 136 valence electrons. The fourth-order valence-electron chi connectivity index (χ4n) is 3.70. The predicted octanol–water partition coefficient (Wildman–Crippen LogP) is 4.35. The number of carbonyl (C=O) groups is 1. The number of carbonyl (C=O) groups excluding carboxylic acids is 1.